The zero-order chi connectivity index (χ0) is 12.1. The van der Waals surface area contributed by atoms with Gasteiger partial charge in [-0.05, 0) is 24.1 Å². The molecule has 1 unspecified atom stereocenters. The smallest absolute Gasteiger partial charge is 0.222 e. The maximum atomic E-state index is 11.3. The summed E-state index contributed by atoms with van der Waals surface area (Å²) in [7, 11) is 3.41. The van der Waals surface area contributed by atoms with Crippen molar-refractivity contribution in [3.05, 3.63) is 29.8 Å². The van der Waals surface area contributed by atoms with Crippen LogP contribution in [0.2, 0.25) is 0 Å². The highest BCUT2D eigenvalue weighted by atomic mass is 16.3. The number of benzene rings is 1. The number of rotatable bonds is 4. The van der Waals surface area contributed by atoms with Gasteiger partial charge >= 0.3 is 0 Å². The number of aliphatic hydroxyl groups excluding tert-OH is 1. The van der Waals surface area contributed by atoms with E-state index >= 15 is 0 Å². The molecule has 0 fully saturated rings. The van der Waals surface area contributed by atoms with Crippen LogP contribution in [-0.4, -0.2) is 30.0 Å². The van der Waals surface area contributed by atoms with E-state index < -0.39 is 6.10 Å². The third-order valence-corrected chi connectivity index (χ3v) is 2.43. The third-order valence-electron chi connectivity index (χ3n) is 2.43. The molecule has 0 heterocycles. The Morgan fingerprint density at radius 1 is 1.50 bits per heavy atom. The van der Waals surface area contributed by atoms with Crippen LogP contribution < -0.4 is 5.73 Å². The summed E-state index contributed by atoms with van der Waals surface area (Å²) in [5.74, 6) is 0.0166. The van der Waals surface area contributed by atoms with Crippen molar-refractivity contribution < 1.29 is 9.90 Å². The molecule has 88 valence electrons. The second-order valence-corrected chi connectivity index (χ2v) is 4.01. The van der Waals surface area contributed by atoms with Gasteiger partial charge in [0.25, 0.3) is 0 Å². The summed E-state index contributed by atoms with van der Waals surface area (Å²) >= 11 is 0. The van der Waals surface area contributed by atoms with Crippen molar-refractivity contribution in [1.29, 1.82) is 0 Å². The SMILES string of the molecule is CN(C)C(=O)CCC(O)c1cccc(N)c1. The summed E-state index contributed by atoms with van der Waals surface area (Å²) < 4.78 is 0. The van der Waals surface area contributed by atoms with E-state index in [0.29, 0.717) is 18.5 Å². The Hall–Kier alpha value is -1.55. The van der Waals surface area contributed by atoms with Gasteiger partial charge in [0, 0.05) is 26.2 Å². The fourth-order valence-corrected chi connectivity index (χ4v) is 1.42. The molecule has 0 radical (unpaired) electrons. The first-order chi connectivity index (χ1) is 7.50. The number of hydrogen-bond donors (Lipinski definition) is 2. The maximum Gasteiger partial charge on any atom is 0.222 e. The van der Waals surface area contributed by atoms with Crippen molar-refractivity contribution in [3.8, 4) is 0 Å². The molecule has 0 spiro atoms. The van der Waals surface area contributed by atoms with E-state index in [9.17, 15) is 9.90 Å². The van der Waals surface area contributed by atoms with Crippen LogP contribution in [0.15, 0.2) is 24.3 Å². The van der Waals surface area contributed by atoms with Gasteiger partial charge in [-0.2, -0.15) is 0 Å². The zero-order valence-electron chi connectivity index (χ0n) is 9.68. The highest BCUT2D eigenvalue weighted by Crippen LogP contribution is 2.20. The van der Waals surface area contributed by atoms with Crippen molar-refractivity contribution in [2.75, 3.05) is 19.8 Å². The molecule has 0 bridgehead atoms. The van der Waals surface area contributed by atoms with Gasteiger partial charge in [-0.15, -0.1) is 0 Å². The molecule has 0 saturated heterocycles. The number of amides is 1. The minimum Gasteiger partial charge on any atom is -0.399 e. The second kappa shape index (κ2) is 5.51. The largest absolute Gasteiger partial charge is 0.399 e. The Kier molecular flexibility index (Phi) is 4.31. The molecule has 4 nitrogen and oxygen atoms in total. The lowest BCUT2D eigenvalue weighted by Gasteiger charge is -2.13. The molecule has 1 aromatic carbocycles. The van der Waals surface area contributed by atoms with E-state index in [0.717, 1.165) is 5.56 Å². The van der Waals surface area contributed by atoms with Gasteiger partial charge < -0.3 is 15.7 Å². The maximum absolute atomic E-state index is 11.3. The molecule has 1 atom stereocenters. The van der Waals surface area contributed by atoms with Gasteiger partial charge in [0.1, 0.15) is 0 Å². The molecule has 0 aliphatic rings. The number of nitrogen functional groups attached to an aromatic ring is 1. The molecule has 0 aliphatic heterocycles. The lowest BCUT2D eigenvalue weighted by atomic mass is 10.0. The molecule has 16 heavy (non-hydrogen) atoms. The van der Waals surface area contributed by atoms with Crippen molar-refractivity contribution >= 4 is 11.6 Å². The number of carbonyl (C=O) groups excluding carboxylic acids is 1. The van der Waals surface area contributed by atoms with Crippen molar-refractivity contribution in [2.24, 2.45) is 0 Å². The number of carbonyl (C=O) groups is 1. The Bertz CT molecular complexity index is 364. The van der Waals surface area contributed by atoms with E-state index in [2.05, 4.69) is 0 Å². The van der Waals surface area contributed by atoms with Crippen molar-refractivity contribution in [1.82, 2.24) is 4.90 Å². The van der Waals surface area contributed by atoms with Crippen LogP contribution in [0.25, 0.3) is 0 Å². The number of aliphatic hydroxyl groups is 1. The predicted molar refractivity (Wildman–Crippen MR) is 63.7 cm³/mol. The Labute approximate surface area is 95.7 Å². The lowest BCUT2D eigenvalue weighted by Crippen LogP contribution is -2.21. The first-order valence-electron chi connectivity index (χ1n) is 5.24. The molecule has 0 aromatic heterocycles. The van der Waals surface area contributed by atoms with Crippen LogP contribution >= 0.6 is 0 Å². The van der Waals surface area contributed by atoms with Gasteiger partial charge in [0.2, 0.25) is 5.91 Å². The van der Waals surface area contributed by atoms with E-state index in [-0.39, 0.29) is 5.91 Å². The van der Waals surface area contributed by atoms with Gasteiger partial charge in [-0.3, -0.25) is 4.79 Å². The van der Waals surface area contributed by atoms with Crippen LogP contribution in [0.5, 0.6) is 0 Å². The first kappa shape index (κ1) is 12.5. The number of hydrogen-bond acceptors (Lipinski definition) is 3. The topological polar surface area (TPSA) is 66.6 Å². The highest BCUT2D eigenvalue weighted by molar-refractivity contribution is 5.75. The Balaban J connectivity index is 2.53. The minimum atomic E-state index is -0.632. The Morgan fingerprint density at radius 2 is 2.19 bits per heavy atom. The molecular weight excluding hydrogens is 204 g/mol. The fourth-order valence-electron chi connectivity index (χ4n) is 1.42. The molecular formula is C12H18N2O2. The highest BCUT2D eigenvalue weighted by Gasteiger charge is 2.11. The second-order valence-electron chi connectivity index (χ2n) is 4.01. The number of nitrogens with zero attached hydrogens (tertiary/aromatic N) is 1. The Morgan fingerprint density at radius 3 is 2.75 bits per heavy atom. The van der Waals surface area contributed by atoms with E-state index in [1.54, 1.807) is 38.4 Å². The van der Waals surface area contributed by atoms with Gasteiger partial charge in [0.15, 0.2) is 0 Å². The normalized spacial score (nSPS) is 12.2. The standard InChI is InChI=1S/C12H18N2O2/c1-14(2)12(16)7-6-11(15)9-4-3-5-10(13)8-9/h3-5,8,11,15H,6-7,13H2,1-2H3. The van der Waals surface area contributed by atoms with Crippen LogP contribution in [0.1, 0.15) is 24.5 Å². The quantitative estimate of drug-likeness (QED) is 0.751. The molecule has 0 aliphatic carbocycles. The van der Waals surface area contributed by atoms with Gasteiger partial charge in [-0.1, -0.05) is 12.1 Å². The molecule has 1 rings (SSSR count). The van der Waals surface area contributed by atoms with Crippen LogP contribution in [0.4, 0.5) is 5.69 Å². The third kappa shape index (κ3) is 3.55. The van der Waals surface area contributed by atoms with Crippen LogP contribution in [0, 0.1) is 0 Å². The first-order valence-corrected chi connectivity index (χ1v) is 5.24. The van der Waals surface area contributed by atoms with Gasteiger partial charge in [-0.25, -0.2) is 0 Å². The summed E-state index contributed by atoms with van der Waals surface area (Å²) in [5.41, 5.74) is 6.99. The summed E-state index contributed by atoms with van der Waals surface area (Å²) in [4.78, 5) is 12.9. The molecule has 4 heteroatoms. The van der Waals surface area contributed by atoms with Crippen LogP contribution in [-0.2, 0) is 4.79 Å². The predicted octanol–water partition coefficient (Wildman–Crippen LogP) is 1.17. The monoisotopic (exact) mass is 222 g/mol. The van der Waals surface area contributed by atoms with E-state index in [1.165, 1.54) is 4.90 Å². The number of nitrogens with two attached hydrogens (primary N) is 1. The lowest BCUT2D eigenvalue weighted by molar-refractivity contribution is -0.129. The molecule has 1 aromatic rings. The van der Waals surface area contributed by atoms with Crippen molar-refractivity contribution in [3.63, 3.8) is 0 Å². The fraction of sp³-hybridized carbons (Fsp3) is 0.417. The average Bonchev–Trinajstić information content (AvgIpc) is 2.25. The number of anilines is 1. The minimum absolute atomic E-state index is 0.0166. The average molecular weight is 222 g/mol. The molecule has 1 amide bonds. The summed E-state index contributed by atoms with van der Waals surface area (Å²) in [6.45, 7) is 0. The van der Waals surface area contributed by atoms with E-state index in [4.69, 9.17) is 5.73 Å². The molecule has 3 N–H and O–H groups in total. The summed E-state index contributed by atoms with van der Waals surface area (Å²) in [5, 5.41) is 9.85. The molecule has 0 saturated carbocycles. The zero-order valence-corrected chi connectivity index (χ0v) is 9.68. The summed E-state index contributed by atoms with van der Waals surface area (Å²) in [6, 6.07) is 7.09. The summed E-state index contributed by atoms with van der Waals surface area (Å²) in [6.07, 6.45) is 0.121. The van der Waals surface area contributed by atoms with E-state index in [1.807, 2.05) is 0 Å². The van der Waals surface area contributed by atoms with Crippen molar-refractivity contribution in [2.45, 2.75) is 18.9 Å². The van der Waals surface area contributed by atoms with Crippen LogP contribution in [0.3, 0.4) is 0 Å². The van der Waals surface area contributed by atoms with Gasteiger partial charge in [0.05, 0.1) is 6.10 Å².